The minimum atomic E-state index is -0.922. The van der Waals surface area contributed by atoms with Crippen molar-refractivity contribution >= 4 is 23.1 Å². The molecule has 1 fully saturated rings. The highest BCUT2D eigenvalue weighted by Gasteiger charge is 2.47. The Morgan fingerprint density at radius 3 is 2.26 bits per heavy atom. The summed E-state index contributed by atoms with van der Waals surface area (Å²) in [5.74, 6) is -1.32. The summed E-state index contributed by atoms with van der Waals surface area (Å²) in [6, 6.07) is 17.9. The van der Waals surface area contributed by atoms with E-state index < -0.39 is 23.5 Å². The molecule has 1 aliphatic heterocycles. The molecule has 1 unspecified atom stereocenters. The van der Waals surface area contributed by atoms with Crippen LogP contribution in [0.5, 0.6) is 11.5 Å². The van der Waals surface area contributed by atoms with Crippen molar-refractivity contribution in [2.45, 2.75) is 26.0 Å². The second-order valence-corrected chi connectivity index (χ2v) is 8.11. The number of Topliss-reactive ketones (excluding diaryl/α,β-unsaturated/α-hetero) is 1. The number of aliphatic hydroxyl groups excluding tert-OH is 1. The van der Waals surface area contributed by atoms with Gasteiger partial charge in [0, 0.05) is 11.3 Å². The van der Waals surface area contributed by atoms with Crippen LogP contribution in [-0.2, 0) is 9.59 Å². The Labute approximate surface area is 196 Å². The van der Waals surface area contributed by atoms with Crippen LogP contribution in [-0.4, -0.2) is 30.0 Å². The molecular formula is C27H24FNO5. The predicted molar refractivity (Wildman–Crippen MR) is 126 cm³/mol. The van der Waals surface area contributed by atoms with Crippen LogP contribution < -0.4 is 14.4 Å². The van der Waals surface area contributed by atoms with Gasteiger partial charge in [-0.1, -0.05) is 12.1 Å². The molecule has 174 valence electrons. The van der Waals surface area contributed by atoms with E-state index in [0.717, 1.165) is 0 Å². The van der Waals surface area contributed by atoms with Crippen LogP contribution in [0.15, 0.2) is 78.4 Å². The largest absolute Gasteiger partial charge is 0.507 e. The lowest BCUT2D eigenvalue weighted by atomic mass is 9.95. The summed E-state index contributed by atoms with van der Waals surface area (Å²) in [7, 11) is 1.53. The van der Waals surface area contributed by atoms with Crippen molar-refractivity contribution in [2.24, 2.45) is 0 Å². The van der Waals surface area contributed by atoms with E-state index in [-0.39, 0.29) is 23.0 Å². The Kier molecular flexibility index (Phi) is 6.36. The first kappa shape index (κ1) is 23.0. The number of halogens is 1. The zero-order valence-electron chi connectivity index (χ0n) is 19.0. The zero-order chi connectivity index (χ0) is 24.4. The molecule has 1 heterocycles. The average molecular weight is 461 g/mol. The average Bonchev–Trinajstić information content (AvgIpc) is 3.09. The Morgan fingerprint density at radius 1 is 0.971 bits per heavy atom. The Balaban J connectivity index is 1.91. The molecule has 3 aromatic carbocycles. The van der Waals surface area contributed by atoms with Gasteiger partial charge in [-0.25, -0.2) is 4.39 Å². The molecule has 3 aromatic rings. The molecule has 0 aliphatic carbocycles. The van der Waals surface area contributed by atoms with E-state index in [9.17, 15) is 19.1 Å². The first-order chi connectivity index (χ1) is 16.3. The zero-order valence-corrected chi connectivity index (χ0v) is 19.0. The van der Waals surface area contributed by atoms with E-state index in [1.54, 1.807) is 48.5 Å². The second-order valence-electron chi connectivity index (χ2n) is 8.11. The standard InChI is InChI=1S/C27H24FNO5/c1-16(2)34-22-6-4-5-18(15-22)24-23(25(30)17-7-9-19(28)10-8-17)26(31)27(32)29(24)20-11-13-21(33-3)14-12-20/h4-16,24,30H,1-3H3/b25-23-. The van der Waals surface area contributed by atoms with Crippen molar-refractivity contribution < 1.29 is 28.6 Å². The maximum Gasteiger partial charge on any atom is 0.300 e. The summed E-state index contributed by atoms with van der Waals surface area (Å²) in [6.07, 6.45) is -0.0811. The smallest absolute Gasteiger partial charge is 0.300 e. The molecule has 6 nitrogen and oxygen atoms in total. The van der Waals surface area contributed by atoms with Gasteiger partial charge < -0.3 is 14.6 Å². The third kappa shape index (κ3) is 4.37. The van der Waals surface area contributed by atoms with E-state index >= 15 is 0 Å². The SMILES string of the molecule is COc1ccc(N2C(=O)C(=O)/C(=C(\O)c3ccc(F)cc3)C2c2cccc(OC(C)C)c2)cc1. The third-order valence-corrected chi connectivity index (χ3v) is 5.46. The van der Waals surface area contributed by atoms with Crippen molar-refractivity contribution in [1.29, 1.82) is 0 Å². The molecule has 1 atom stereocenters. The minimum absolute atomic E-state index is 0.0811. The van der Waals surface area contributed by atoms with E-state index in [2.05, 4.69) is 0 Å². The van der Waals surface area contributed by atoms with Crippen LogP contribution in [0.25, 0.3) is 5.76 Å². The number of anilines is 1. The number of amides is 1. The normalized spacial score (nSPS) is 17.3. The maximum absolute atomic E-state index is 13.5. The molecule has 1 saturated heterocycles. The summed E-state index contributed by atoms with van der Waals surface area (Å²) in [6.45, 7) is 3.79. The van der Waals surface area contributed by atoms with Gasteiger partial charge in [-0.15, -0.1) is 0 Å². The fraction of sp³-hybridized carbons (Fsp3) is 0.185. The second kappa shape index (κ2) is 9.39. The Morgan fingerprint density at radius 2 is 1.65 bits per heavy atom. The lowest BCUT2D eigenvalue weighted by Gasteiger charge is -2.26. The molecule has 7 heteroatoms. The van der Waals surface area contributed by atoms with Crippen molar-refractivity contribution in [3.63, 3.8) is 0 Å². The quantitative estimate of drug-likeness (QED) is 0.308. The van der Waals surface area contributed by atoms with Crippen molar-refractivity contribution in [3.8, 4) is 11.5 Å². The molecule has 0 bridgehead atoms. The number of carbonyl (C=O) groups excluding carboxylic acids is 2. The molecular weight excluding hydrogens is 437 g/mol. The fourth-order valence-corrected chi connectivity index (χ4v) is 3.95. The van der Waals surface area contributed by atoms with Gasteiger partial charge in [-0.05, 0) is 80.1 Å². The monoisotopic (exact) mass is 461 g/mol. The highest BCUT2D eigenvalue weighted by molar-refractivity contribution is 6.51. The van der Waals surface area contributed by atoms with Gasteiger partial charge >= 0.3 is 0 Å². The van der Waals surface area contributed by atoms with Crippen LogP contribution in [0, 0.1) is 5.82 Å². The third-order valence-electron chi connectivity index (χ3n) is 5.46. The van der Waals surface area contributed by atoms with Gasteiger partial charge in [-0.3, -0.25) is 14.5 Å². The van der Waals surface area contributed by atoms with Gasteiger partial charge in [0.2, 0.25) is 0 Å². The Hall–Kier alpha value is -4.13. The van der Waals surface area contributed by atoms with E-state index in [1.807, 2.05) is 13.8 Å². The number of carbonyl (C=O) groups is 2. The van der Waals surface area contributed by atoms with Gasteiger partial charge in [0.1, 0.15) is 23.1 Å². The molecule has 34 heavy (non-hydrogen) atoms. The van der Waals surface area contributed by atoms with Gasteiger partial charge in [0.15, 0.2) is 0 Å². The maximum atomic E-state index is 13.5. The number of methoxy groups -OCH3 is 1. The topological polar surface area (TPSA) is 76.1 Å². The van der Waals surface area contributed by atoms with Crippen LogP contribution in [0.3, 0.4) is 0 Å². The van der Waals surface area contributed by atoms with E-state index in [0.29, 0.717) is 22.7 Å². The lowest BCUT2D eigenvalue weighted by Crippen LogP contribution is -2.29. The number of benzene rings is 3. The molecule has 0 saturated carbocycles. The number of hydrogen-bond acceptors (Lipinski definition) is 5. The highest BCUT2D eigenvalue weighted by atomic mass is 19.1. The molecule has 0 spiro atoms. The number of rotatable bonds is 6. The van der Waals surface area contributed by atoms with Crippen molar-refractivity contribution in [1.82, 2.24) is 0 Å². The lowest BCUT2D eigenvalue weighted by molar-refractivity contribution is -0.132. The van der Waals surface area contributed by atoms with Crippen LogP contribution >= 0.6 is 0 Å². The van der Waals surface area contributed by atoms with Crippen molar-refractivity contribution in [2.75, 3.05) is 12.0 Å². The van der Waals surface area contributed by atoms with Gasteiger partial charge in [0.25, 0.3) is 11.7 Å². The minimum Gasteiger partial charge on any atom is -0.507 e. The van der Waals surface area contributed by atoms with Crippen LogP contribution in [0.1, 0.15) is 31.0 Å². The molecule has 0 radical (unpaired) electrons. The number of hydrogen-bond donors (Lipinski definition) is 1. The summed E-state index contributed by atoms with van der Waals surface area (Å²) in [5.41, 5.74) is 1.18. The predicted octanol–water partition coefficient (Wildman–Crippen LogP) is 5.25. The number of nitrogens with zero attached hydrogens (tertiary/aromatic N) is 1. The van der Waals surface area contributed by atoms with Crippen LogP contribution in [0.4, 0.5) is 10.1 Å². The van der Waals surface area contributed by atoms with Crippen LogP contribution in [0.2, 0.25) is 0 Å². The molecule has 0 aromatic heterocycles. The summed E-state index contributed by atoms with van der Waals surface area (Å²) in [4.78, 5) is 27.8. The van der Waals surface area contributed by atoms with E-state index in [1.165, 1.54) is 36.3 Å². The molecule has 1 amide bonds. The number of aliphatic hydroxyl groups is 1. The van der Waals surface area contributed by atoms with Crippen molar-refractivity contribution in [3.05, 3.63) is 95.3 Å². The number of ether oxygens (including phenoxy) is 2. The summed E-state index contributed by atoms with van der Waals surface area (Å²) >= 11 is 0. The molecule has 1 aliphatic rings. The summed E-state index contributed by atoms with van der Waals surface area (Å²) < 4.78 is 24.5. The Bertz CT molecular complexity index is 1250. The summed E-state index contributed by atoms with van der Waals surface area (Å²) in [5, 5.41) is 11.1. The van der Waals surface area contributed by atoms with E-state index in [4.69, 9.17) is 9.47 Å². The first-order valence-electron chi connectivity index (χ1n) is 10.8. The van der Waals surface area contributed by atoms with Gasteiger partial charge in [-0.2, -0.15) is 0 Å². The highest BCUT2D eigenvalue weighted by Crippen LogP contribution is 2.43. The molecule has 1 N–H and O–H groups in total. The fourth-order valence-electron chi connectivity index (χ4n) is 3.95. The first-order valence-corrected chi connectivity index (χ1v) is 10.8. The van der Waals surface area contributed by atoms with Gasteiger partial charge in [0.05, 0.1) is 24.8 Å². The molecule has 4 rings (SSSR count). The number of ketones is 1.